The van der Waals surface area contributed by atoms with Crippen molar-refractivity contribution >= 4 is 22.4 Å². The largest absolute Gasteiger partial charge is 0.355 e. The van der Waals surface area contributed by atoms with Gasteiger partial charge in [-0.1, -0.05) is 19.3 Å². The van der Waals surface area contributed by atoms with Gasteiger partial charge in [0.05, 0.1) is 5.69 Å². The molecule has 1 aliphatic heterocycles. The molecule has 1 saturated carbocycles. The lowest BCUT2D eigenvalue weighted by molar-refractivity contribution is -0.125. The first kappa shape index (κ1) is 14.8. The molecule has 1 aromatic heterocycles. The van der Waals surface area contributed by atoms with E-state index in [0.717, 1.165) is 49.7 Å². The Morgan fingerprint density at radius 3 is 2.76 bits per heavy atom. The van der Waals surface area contributed by atoms with Crippen LogP contribution in [0.15, 0.2) is 5.38 Å². The van der Waals surface area contributed by atoms with Gasteiger partial charge < -0.3 is 10.2 Å². The number of hydrogen-bond acceptors (Lipinski definition) is 4. The Hall–Kier alpha value is -1.10. The van der Waals surface area contributed by atoms with Crippen molar-refractivity contribution in [3.8, 4) is 0 Å². The number of rotatable bonds is 5. The Labute approximate surface area is 130 Å². The molecule has 1 aliphatic carbocycles. The average molecular weight is 307 g/mol. The fourth-order valence-corrected chi connectivity index (χ4v) is 4.20. The fraction of sp³-hybridized carbons (Fsp3) is 0.750. The second-order valence-electron chi connectivity index (χ2n) is 6.19. The summed E-state index contributed by atoms with van der Waals surface area (Å²) in [6.45, 7) is 3.01. The highest BCUT2D eigenvalue weighted by molar-refractivity contribution is 7.13. The molecule has 1 aromatic rings. The zero-order chi connectivity index (χ0) is 14.5. The highest BCUT2D eigenvalue weighted by atomic mass is 32.1. The molecular weight excluding hydrogens is 282 g/mol. The highest BCUT2D eigenvalue weighted by Gasteiger charge is 2.20. The normalized spacial score (nSPS) is 19.9. The van der Waals surface area contributed by atoms with Crippen molar-refractivity contribution in [3.63, 3.8) is 0 Å². The van der Waals surface area contributed by atoms with Crippen molar-refractivity contribution in [3.05, 3.63) is 11.1 Å². The topological polar surface area (TPSA) is 45.2 Å². The number of anilines is 1. The van der Waals surface area contributed by atoms with Crippen LogP contribution in [0, 0.1) is 5.92 Å². The summed E-state index contributed by atoms with van der Waals surface area (Å²) in [6.07, 6.45) is 9.28. The van der Waals surface area contributed by atoms with E-state index in [-0.39, 0.29) is 11.8 Å². The number of aromatic nitrogens is 1. The number of nitrogens with zero attached hydrogens (tertiary/aromatic N) is 2. The average Bonchev–Trinajstić information content (AvgIpc) is 3.19. The van der Waals surface area contributed by atoms with E-state index >= 15 is 0 Å². The van der Waals surface area contributed by atoms with E-state index in [1.54, 1.807) is 11.3 Å². The van der Waals surface area contributed by atoms with Crippen LogP contribution in [0.2, 0.25) is 0 Å². The number of hydrogen-bond donors (Lipinski definition) is 1. The van der Waals surface area contributed by atoms with E-state index < -0.39 is 0 Å². The Kier molecular flexibility index (Phi) is 5.12. The summed E-state index contributed by atoms with van der Waals surface area (Å²) in [5, 5.41) is 6.38. The third-order valence-electron chi connectivity index (χ3n) is 4.57. The predicted octanol–water partition coefficient (Wildman–Crippen LogP) is 2.98. The van der Waals surface area contributed by atoms with Crippen molar-refractivity contribution in [1.82, 2.24) is 10.3 Å². The van der Waals surface area contributed by atoms with Crippen LogP contribution in [0.3, 0.4) is 0 Å². The second kappa shape index (κ2) is 7.25. The third kappa shape index (κ3) is 3.96. The molecular formula is C16H25N3OS. The SMILES string of the molecule is O=C(NCCc1csc(N2CCCC2)n1)C1CCCCC1. The molecule has 0 bridgehead atoms. The van der Waals surface area contributed by atoms with Crippen molar-refractivity contribution in [1.29, 1.82) is 0 Å². The zero-order valence-corrected chi connectivity index (χ0v) is 13.5. The van der Waals surface area contributed by atoms with Crippen molar-refractivity contribution in [2.75, 3.05) is 24.5 Å². The first-order valence-corrected chi connectivity index (χ1v) is 9.18. The summed E-state index contributed by atoms with van der Waals surface area (Å²) in [4.78, 5) is 19.1. The minimum atomic E-state index is 0.254. The van der Waals surface area contributed by atoms with Crippen LogP contribution in [0.1, 0.15) is 50.6 Å². The molecule has 0 atom stereocenters. The predicted molar refractivity (Wildman–Crippen MR) is 86.8 cm³/mol. The number of carbonyl (C=O) groups is 1. The van der Waals surface area contributed by atoms with Gasteiger partial charge in [-0.3, -0.25) is 4.79 Å². The lowest BCUT2D eigenvalue weighted by atomic mass is 9.89. The van der Waals surface area contributed by atoms with Gasteiger partial charge in [0.15, 0.2) is 5.13 Å². The van der Waals surface area contributed by atoms with E-state index in [4.69, 9.17) is 4.98 Å². The molecule has 1 saturated heterocycles. The number of nitrogens with one attached hydrogen (secondary N) is 1. The van der Waals surface area contributed by atoms with Gasteiger partial charge in [0.25, 0.3) is 0 Å². The van der Waals surface area contributed by atoms with Crippen LogP contribution in [0.4, 0.5) is 5.13 Å². The zero-order valence-electron chi connectivity index (χ0n) is 12.6. The van der Waals surface area contributed by atoms with Crippen LogP contribution < -0.4 is 10.2 Å². The number of carbonyl (C=O) groups excluding carboxylic acids is 1. The van der Waals surface area contributed by atoms with Gasteiger partial charge in [0, 0.05) is 37.4 Å². The van der Waals surface area contributed by atoms with Gasteiger partial charge in [0.2, 0.25) is 5.91 Å². The van der Waals surface area contributed by atoms with E-state index in [1.165, 1.54) is 32.1 Å². The van der Waals surface area contributed by atoms with Gasteiger partial charge >= 0.3 is 0 Å². The highest BCUT2D eigenvalue weighted by Crippen LogP contribution is 2.25. The summed E-state index contributed by atoms with van der Waals surface area (Å²) >= 11 is 1.74. The maximum atomic E-state index is 12.1. The van der Waals surface area contributed by atoms with Crippen LogP contribution >= 0.6 is 11.3 Å². The van der Waals surface area contributed by atoms with Gasteiger partial charge in [-0.05, 0) is 25.7 Å². The summed E-state index contributed by atoms with van der Waals surface area (Å²) in [6, 6.07) is 0. The fourth-order valence-electron chi connectivity index (χ4n) is 3.29. The molecule has 2 aliphatic rings. The molecule has 21 heavy (non-hydrogen) atoms. The lowest BCUT2D eigenvalue weighted by Gasteiger charge is -2.20. The van der Waals surface area contributed by atoms with Crippen LogP contribution in [-0.4, -0.2) is 30.5 Å². The molecule has 2 heterocycles. The van der Waals surface area contributed by atoms with Gasteiger partial charge in [-0.15, -0.1) is 11.3 Å². The van der Waals surface area contributed by atoms with Gasteiger partial charge in [0.1, 0.15) is 0 Å². The number of amides is 1. The summed E-state index contributed by atoms with van der Waals surface area (Å²) < 4.78 is 0. The summed E-state index contributed by atoms with van der Waals surface area (Å²) in [5.41, 5.74) is 1.12. The second-order valence-corrected chi connectivity index (χ2v) is 7.03. The Morgan fingerprint density at radius 1 is 1.24 bits per heavy atom. The lowest BCUT2D eigenvalue weighted by Crippen LogP contribution is -2.33. The smallest absolute Gasteiger partial charge is 0.223 e. The Morgan fingerprint density at radius 2 is 2.00 bits per heavy atom. The van der Waals surface area contributed by atoms with Crippen LogP contribution in [0.25, 0.3) is 0 Å². The molecule has 0 aromatic carbocycles. The molecule has 0 spiro atoms. The van der Waals surface area contributed by atoms with Crippen LogP contribution in [-0.2, 0) is 11.2 Å². The molecule has 0 radical (unpaired) electrons. The summed E-state index contributed by atoms with van der Waals surface area (Å²) in [5.74, 6) is 0.513. The Bertz CT molecular complexity index is 462. The molecule has 2 fully saturated rings. The minimum Gasteiger partial charge on any atom is -0.355 e. The molecule has 5 heteroatoms. The van der Waals surface area contributed by atoms with Crippen molar-refractivity contribution in [2.24, 2.45) is 5.92 Å². The Balaban J connectivity index is 1.41. The standard InChI is InChI=1S/C16H25N3OS/c20-15(13-6-2-1-3-7-13)17-9-8-14-12-21-16(18-14)19-10-4-5-11-19/h12-13H,1-11H2,(H,17,20). The minimum absolute atomic E-state index is 0.254. The monoisotopic (exact) mass is 307 g/mol. The first-order chi connectivity index (χ1) is 10.3. The maximum absolute atomic E-state index is 12.1. The van der Waals surface area contributed by atoms with Gasteiger partial charge in [-0.2, -0.15) is 0 Å². The van der Waals surface area contributed by atoms with E-state index in [0.29, 0.717) is 0 Å². The molecule has 0 unspecified atom stereocenters. The van der Waals surface area contributed by atoms with Gasteiger partial charge in [-0.25, -0.2) is 4.98 Å². The molecule has 1 amide bonds. The molecule has 3 rings (SSSR count). The number of thiazole rings is 1. The van der Waals surface area contributed by atoms with Crippen LogP contribution in [0.5, 0.6) is 0 Å². The quantitative estimate of drug-likeness (QED) is 0.909. The maximum Gasteiger partial charge on any atom is 0.223 e. The molecule has 1 N–H and O–H groups in total. The molecule has 116 valence electrons. The first-order valence-electron chi connectivity index (χ1n) is 8.30. The third-order valence-corrected chi connectivity index (χ3v) is 5.52. The van der Waals surface area contributed by atoms with E-state index in [2.05, 4.69) is 15.6 Å². The van der Waals surface area contributed by atoms with Crippen molar-refractivity contribution < 1.29 is 4.79 Å². The van der Waals surface area contributed by atoms with E-state index in [1.807, 2.05) is 0 Å². The molecule has 4 nitrogen and oxygen atoms in total. The van der Waals surface area contributed by atoms with E-state index in [9.17, 15) is 4.79 Å². The van der Waals surface area contributed by atoms with Crippen molar-refractivity contribution in [2.45, 2.75) is 51.4 Å². The summed E-state index contributed by atoms with van der Waals surface area (Å²) in [7, 11) is 0.